The van der Waals surface area contributed by atoms with Crippen LogP contribution in [0.15, 0.2) is 18.2 Å². The predicted molar refractivity (Wildman–Crippen MR) is 131 cm³/mol. The predicted octanol–water partition coefficient (Wildman–Crippen LogP) is 0.978. The molecule has 0 saturated carbocycles. The third-order valence-electron chi connectivity index (χ3n) is 7.74. The summed E-state index contributed by atoms with van der Waals surface area (Å²) < 4.78 is 31.0. The van der Waals surface area contributed by atoms with Crippen molar-refractivity contribution in [2.24, 2.45) is 5.73 Å². The van der Waals surface area contributed by atoms with Gasteiger partial charge < -0.3 is 40.4 Å². The smallest absolute Gasteiger partial charge is 0.202 e. The number of benzene rings is 2. The summed E-state index contributed by atoms with van der Waals surface area (Å²) in [5.74, 6) is -3.88. The van der Waals surface area contributed by atoms with E-state index in [2.05, 4.69) is 0 Å². The number of nitrogens with two attached hydrogens (primary N) is 1. The van der Waals surface area contributed by atoms with Gasteiger partial charge in [-0.15, -0.1) is 0 Å². The first-order valence-electron chi connectivity index (χ1n) is 12.4. The molecule has 2 aromatic rings. The number of methoxy groups -OCH3 is 1. The highest BCUT2D eigenvalue weighted by Gasteiger charge is 2.50. The SMILES string of the molecule is COc1cccc2c1C(=O)c1c(O)c3c(c(O)c1C2=O)C[C@@](O)(C(=O)CO)C[C@@H]3O[C@H]1C[C@H](N)[C@H](F)[C@H](C)O1. The maximum Gasteiger partial charge on any atom is 0.202 e. The van der Waals surface area contributed by atoms with Crippen LogP contribution in [-0.2, 0) is 20.7 Å². The first-order chi connectivity index (χ1) is 18.4. The molecule has 0 amide bonds. The molecule has 1 aliphatic heterocycles. The number of carbonyl (C=O) groups is 3. The number of ketones is 3. The molecule has 208 valence electrons. The zero-order valence-electron chi connectivity index (χ0n) is 21.1. The molecule has 2 aliphatic carbocycles. The van der Waals surface area contributed by atoms with Crippen molar-refractivity contribution in [3.05, 3.63) is 51.6 Å². The van der Waals surface area contributed by atoms with Crippen LogP contribution >= 0.6 is 0 Å². The molecule has 11 nitrogen and oxygen atoms in total. The Morgan fingerprint density at radius 2 is 1.87 bits per heavy atom. The lowest BCUT2D eigenvalue weighted by atomic mass is 9.72. The van der Waals surface area contributed by atoms with Crippen LogP contribution in [0.4, 0.5) is 4.39 Å². The quantitative estimate of drug-likeness (QED) is 0.288. The normalized spacial score (nSPS) is 29.8. The van der Waals surface area contributed by atoms with Gasteiger partial charge in [-0.05, 0) is 13.0 Å². The molecule has 0 aromatic heterocycles. The van der Waals surface area contributed by atoms with Crippen LogP contribution in [0.5, 0.6) is 17.2 Å². The highest BCUT2D eigenvalue weighted by Crippen LogP contribution is 2.52. The van der Waals surface area contributed by atoms with Gasteiger partial charge >= 0.3 is 0 Å². The van der Waals surface area contributed by atoms with E-state index in [1.165, 1.54) is 32.2 Å². The van der Waals surface area contributed by atoms with Crippen LogP contribution in [0.25, 0.3) is 0 Å². The second kappa shape index (κ2) is 9.65. The number of hydrogen-bond donors (Lipinski definition) is 5. The van der Waals surface area contributed by atoms with Gasteiger partial charge in [0, 0.05) is 42.0 Å². The summed E-state index contributed by atoms with van der Waals surface area (Å²) in [5, 5.41) is 43.5. The van der Waals surface area contributed by atoms with Gasteiger partial charge in [0.05, 0.1) is 36.0 Å². The molecule has 6 atom stereocenters. The third kappa shape index (κ3) is 4.10. The van der Waals surface area contributed by atoms with Gasteiger partial charge in [0.2, 0.25) is 5.78 Å². The van der Waals surface area contributed by atoms with Crippen molar-refractivity contribution in [3.8, 4) is 17.2 Å². The van der Waals surface area contributed by atoms with Crippen molar-refractivity contribution in [1.82, 2.24) is 0 Å². The van der Waals surface area contributed by atoms with Crippen molar-refractivity contribution in [2.45, 2.75) is 62.5 Å². The summed E-state index contributed by atoms with van der Waals surface area (Å²) in [6.45, 7) is 0.418. The van der Waals surface area contributed by atoms with E-state index in [-0.39, 0.29) is 34.4 Å². The number of alkyl halides is 1. The monoisotopic (exact) mass is 545 g/mol. The molecular formula is C27H28FNO10. The molecule has 1 heterocycles. The van der Waals surface area contributed by atoms with Gasteiger partial charge in [-0.3, -0.25) is 14.4 Å². The highest BCUT2D eigenvalue weighted by atomic mass is 19.1. The molecule has 2 aromatic carbocycles. The molecule has 0 spiro atoms. The number of aromatic hydroxyl groups is 2. The summed E-state index contributed by atoms with van der Waals surface area (Å²) in [5.41, 5.74) is 2.11. The highest BCUT2D eigenvalue weighted by molar-refractivity contribution is 6.31. The van der Waals surface area contributed by atoms with E-state index in [0.717, 1.165) is 0 Å². The number of aliphatic hydroxyl groups excluding tert-OH is 1. The van der Waals surface area contributed by atoms with Crippen molar-refractivity contribution in [2.75, 3.05) is 13.7 Å². The Bertz CT molecular complexity index is 1380. The van der Waals surface area contributed by atoms with Crippen molar-refractivity contribution >= 4 is 17.3 Å². The minimum absolute atomic E-state index is 0.0637. The number of hydrogen-bond acceptors (Lipinski definition) is 11. The number of fused-ring (bicyclic) bond motifs is 3. The molecule has 3 aliphatic rings. The Labute approximate surface area is 221 Å². The number of rotatable bonds is 5. The van der Waals surface area contributed by atoms with Crippen LogP contribution in [0.2, 0.25) is 0 Å². The lowest BCUT2D eigenvalue weighted by molar-refractivity contribution is -0.239. The minimum atomic E-state index is -2.27. The number of carbonyl (C=O) groups excluding carboxylic acids is 3. The lowest BCUT2D eigenvalue weighted by Gasteiger charge is -2.41. The zero-order valence-corrected chi connectivity index (χ0v) is 21.1. The summed E-state index contributed by atoms with van der Waals surface area (Å²) in [4.78, 5) is 39.7. The number of phenolic OH excluding ortho intramolecular Hbond substituents is 2. The Kier molecular flexibility index (Phi) is 6.72. The van der Waals surface area contributed by atoms with Crippen molar-refractivity contribution in [1.29, 1.82) is 0 Å². The van der Waals surface area contributed by atoms with Crippen LogP contribution in [-0.4, -0.2) is 81.7 Å². The molecule has 0 radical (unpaired) electrons. The van der Waals surface area contributed by atoms with Gasteiger partial charge in [-0.25, -0.2) is 4.39 Å². The zero-order chi connectivity index (χ0) is 28.4. The maximum absolute atomic E-state index is 14.2. The van der Waals surface area contributed by atoms with Crippen LogP contribution in [0.3, 0.4) is 0 Å². The van der Waals surface area contributed by atoms with E-state index in [4.69, 9.17) is 19.9 Å². The Hall–Kier alpha value is -3.42. The number of phenols is 2. The second-order valence-electron chi connectivity index (χ2n) is 10.1. The Morgan fingerprint density at radius 3 is 2.51 bits per heavy atom. The maximum atomic E-state index is 14.2. The molecule has 0 bridgehead atoms. The number of Topliss-reactive ketones (excluding diaryl/α,β-unsaturated/α-hetero) is 1. The summed E-state index contributed by atoms with van der Waals surface area (Å²) in [6.07, 6.45) is -6.14. The van der Waals surface area contributed by atoms with Gasteiger partial charge in [-0.2, -0.15) is 0 Å². The summed E-state index contributed by atoms with van der Waals surface area (Å²) in [7, 11) is 1.31. The molecule has 39 heavy (non-hydrogen) atoms. The molecule has 5 rings (SSSR count). The fourth-order valence-corrected chi connectivity index (χ4v) is 5.74. The topological polar surface area (TPSA) is 186 Å². The van der Waals surface area contributed by atoms with E-state index >= 15 is 0 Å². The molecule has 1 fully saturated rings. The van der Waals surface area contributed by atoms with Crippen molar-refractivity contribution in [3.63, 3.8) is 0 Å². The van der Waals surface area contributed by atoms with Crippen molar-refractivity contribution < 1.29 is 53.4 Å². The number of aliphatic hydroxyl groups is 2. The largest absolute Gasteiger partial charge is 0.507 e. The first-order valence-corrected chi connectivity index (χ1v) is 12.4. The van der Waals surface area contributed by atoms with E-state index in [1.807, 2.05) is 0 Å². The first kappa shape index (κ1) is 27.2. The minimum Gasteiger partial charge on any atom is -0.507 e. The van der Waals surface area contributed by atoms with E-state index in [1.54, 1.807) is 0 Å². The average Bonchev–Trinajstić information content (AvgIpc) is 2.90. The average molecular weight is 546 g/mol. The molecule has 0 unspecified atom stereocenters. The summed E-state index contributed by atoms with van der Waals surface area (Å²) in [6, 6.07) is 3.38. The van der Waals surface area contributed by atoms with E-state index < -0.39 is 95.7 Å². The summed E-state index contributed by atoms with van der Waals surface area (Å²) >= 11 is 0. The van der Waals surface area contributed by atoms with Gasteiger partial charge in [0.1, 0.15) is 35.6 Å². The van der Waals surface area contributed by atoms with Gasteiger partial charge in [0.15, 0.2) is 17.9 Å². The second-order valence-corrected chi connectivity index (χ2v) is 10.1. The van der Waals surface area contributed by atoms with Crippen LogP contribution < -0.4 is 10.5 Å². The van der Waals surface area contributed by atoms with E-state index in [9.17, 15) is 39.2 Å². The standard InChI is InChI=1S/C27H28FNO10/c1-10-22(28)13(29)6-17(38-10)39-15-8-27(36,16(31)9-30)7-12-19(15)26(35)21-20(24(12)33)23(32)11-4-3-5-14(37-2)18(11)25(21)34/h3-5,10,13,15,17,22,30,33,35-36H,6-9,29H2,1-2H3/t10-,13-,15-,17-,22+,27-/m0/s1. The Morgan fingerprint density at radius 1 is 1.18 bits per heavy atom. The molecular weight excluding hydrogens is 517 g/mol. The molecule has 1 saturated heterocycles. The fourth-order valence-electron chi connectivity index (χ4n) is 5.74. The number of halogens is 1. The van der Waals surface area contributed by atoms with Crippen LogP contribution in [0.1, 0.15) is 68.8 Å². The molecule has 6 N–H and O–H groups in total. The van der Waals surface area contributed by atoms with Gasteiger partial charge in [0.25, 0.3) is 0 Å². The van der Waals surface area contributed by atoms with Gasteiger partial charge in [-0.1, -0.05) is 12.1 Å². The molecule has 12 heteroatoms. The Balaban J connectivity index is 1.69. The van der Waals surface area contributed by atoms with Crippen LogP contribution in [0, 0.1) is 0 Å². The van der Waals surface area contributed by atoms with E-state index in [0.29, 0.717) is 0 Å². The lowest BCUT2D eigenvalue weighted by Crippen LogP contribution is -2.51. The third-order valence-corrected chi connectivity index (χ3v) is 7.74. The number of ether oxygens (including phenoxy) is 3. The fraction of sp³-hybridized carbons (Fsp3) is 0.444.